The molecule has 0 unspecified atom stereocenters. The molecule has 0 aromatic heterocycles. The number of nitrogens with one attached hydrogen (secondary N) is 1. The van der Waals surface area contributed by atoms with Crippen molar-refractivity contribution >= 4 is 28.1 Å². The van der Waals surface area contributed by atoms with Gasteiger partial charge in [-0.25, -0.2) is 5.43 Å². The summed E-state index contributed by atoms with van der Waals surface area (Å²) in [5, 5.41) is 13.5. The summed E-state index contributed by atoms with van der Waals surface area (Å²) in [5.74, 6) is 0.132. The van der Waals surface area contributed by atoms with Gasteiger partial charge >= 0.3 is 0 Å². The summed E-state index contributed by atoms with van der Waals surface area (Å²) in [4.78, 5) is 12.0. The number of hydrogen-bond donors (Lipinski definition) is 2. The number of nitrogens with zero attached hydrogens (tertiary/aromatic N) is 1. The fourth-order valence-corrected chi connectivity index (χ4v) is 2.22. The molecule has 0 aliphatic carbocycles. The maximum atomic E-state index is 12.0. The molecule has 2 aromatic carbocycles. The van der Waals surface area contributed by atoms with Gasteiger partial charge in [-0.1, -0.05) is 12.1 Å². The van der Waals surface area contributed by atoms with Crippen LogP contribution in [0.2, 0.25) is 0 Å². The molecular formula is C16H15BrN2O3. The highest BCUT2D eigenvalue weighted by Gasteiger charge is 2.07. The van der Waals surface area contributed by atoms with Crippen LogP contribution in [0.5, 0.6) is 11.5 Å². The third kappa shape index (κ3) is 4.08. The molecule has 6 heteroatoms. The lowest BCUT2D eigenvalue weighted by Gasteiger charge is -2.06. The molecule has 2 aromatic rings. The molecule has 114 valence electrons. The Balaban J connectivity index is 2.05. The Morgan fingerprint density at radius 2 is 2.14 bits per heavy atom. The third-order valence-electron chi connectivity index (χ3n) is 2.78. The van der Waals surface area contributed by atoms with E-state index in [0.717, 1.165) is 0 Å². The number of carbonyl (C=O) groups excluding carboxylic acids is 1. The standard InChI is InChI=1S/C16H15BrN2O3/c1-2-22-15-9-11(7-8-14(15)20)10-18-19-16(21)12-5-3-4-6-13(12)17/h3-10,20H,2H2,1H3,(H,19,21)/b18-10+. The summed E-state index contributed by atoms with van der Waals surface area (Å²) >= 11 is 3.31. The zero-order chi connectivity index (χ0) is 15.9. The van der Waals surface area contributed by atoms with Crippen LogP contribution < -0.4 is 10.2 Å². The summed E-state index contributed by atoms with van der Waals surface area (Å²) in [7, 11) is 0. The second-order valence-electron chi connectivity index (χ2n) is 4.34. The van der Waals surface area contributed by atoms with E-state index in [1.165, 1.54) is 12.3 Å². The number of amides is 1. The van der Waals surface area contributed by atoms with E-state index in [9.17, 15) is 9.90 Å². The van der Waals surface area contributed by atoms with Crippen LogP contribution in [0.1, 0.15) is 22.8 Å². The number of benzene rings is 2. The zero-order valence-electron chi connectivity index (χ0n) is 11.9. The van der Waals surface area contributed by atoms with E-state index in [1.54, 1.807) is 30.3 Å². The van der Waals surface area contributed by atoms with Crippen molar-refractivity contribution in [1.82, 2.24) is 5.43 Å². The molecule has 0 saturated heterocycles. The van der Waals surface area contributed by atoms with Crippen LogP contribution in [0.15, 0.2) is 52.0 Å². The van der Waals surface area contributed by atoms with Crippen molar-refractivity contribution in [3.8, 4) is 11.5 Å². The second-order valence-corrected chi connectivity index (χ2v) is 5.19. The quantitative estimate of drug-likeness (QED) is 0.633. The van der Waals surface area contributed by atoms with E-state index in [-0.39, 0.29) is 11.7 Å². The molecule has 0 spiro atoms. The van der Waals surface area contributed by atoms with Gasteiger partial charge in [0.05, 0.1) is 18.4 Å². The summed E-state index contributed by atoms with van der Waals surface area (Å²) in [6.07, 6.45) is 1.48. The molecule has 0 radical (unpaired) electrons. The van der Waals surface area contributed by atoms with E-state index in [1.807, 2.05) is 13.0 Å². The Kier molecular flexibility index (Phi) is 5.55. The van der Waals surface area contributed by atoms with E-state index < -0.39 is 0 Å². The fraction of sp³-hybridized carbons (Fsp3) is 0.125. The Hall–Kier alpha value is -2.34. The number of phenolic OH excluding ortho intramolecular Hbond substituents is 1. The van der Waals surface area contributed by atoms with Gasteiger partial charge in [0.2, 0.25) is 0 Å². The van der Waals surface area contributed by atoms with E-state index in [4.69, 9.17) is 4.74 Å². The molecular weight excluding hydrogens is 348 g/mol. The molecule has 0 bridgehead atoms. The topological polar surface area (TPSA) is 70.9 Å². The average molecular weight is 363 g/mol. The van der Waals surface area contributed by atoms with Crippen LogP contribution in [0, 0.1) is 0 Å². The van der Waals surface area contributed by atoms with Crippen LogP contribution in [0.4, 0.5) is 0 Å². The number of carbonyl (C=O) groups is 1. The predicted octanol–water partition coefficient (Wildman–Crippen LogP) is 3.32. The lowest BCUT2D eigenvalue weighted by molar-refractivity contribution is 0.0954. The second kappa shape index (κ2) is 7.61. The zero-order valence-corrected chi connectivity index (χ0v) is 13.5. The molecule has 1 amide bonds. The largest absolute Gasteiger partial charge is 0.504 e. The van der Waals surface area contributed by atoms with Gasteiger partial charge in [-0.15, -0.1) is 0 Å². The van der Waals surface area contributed by atoms with Crippen molar-refractivity contribution in [2.24, 2.45) is 5.10 Å². The average Bonchev–Trinajstić information content (AvgIpc) is 2.51. The number of rotatable bonds is 5. The molecule has 0 atom stereocenters. The summed E-state index contributed by atoms with van der Waals surface area (Å²) in [5.41, 5.74) is 3.65. The smallest absolute Gasteiger partial charge is 0.272 e. The SMILES string of the molecule is CCOc1cc(/C=N/NC(=O)c2ccccc2Br)ccc1O. The lowest BCUT2D eigenvalue weighted by atomic mass is 10.2. The molecule has 5 nitrogen and oxygen atoms in total. The molecule has 0 aliphatic heterocycles. The van der Waals surface area contributed by atoms with Gasteiger partial charge in [0.15, 0.2) is 11.5 Å². The highest BCUT2D eigenvalue weighted by atomic mass is 79.9. The van der Waals surface area contributed by atoms with E-state index >= 15 is 0 Å². The molecule has 2 rings (SSSR count). The molecule has 0 saturated carbocycles. The highest BCUT2D eigenvalue weighted by Crippen LogP contribution is 2.26. The third-order valence-corrected chi connectivity index (χ3v) is 3.47. The normalized spacial score (nSPS) is 10.6. The Morgan fingerprint density at radius 1 is 1.36 bits per heavy atom. The van der Waals surface area contributed by atoms with Crippen molar-refractivity contribution < 1.29 is 14.6 Å². The monoisotopic (exact) mass is 362 g/mol. The van der Waals surface area contributed by atoms with E-state index in [0.29, 0.717) is 28.0 Å². The summed E-state index contributed by atoms with van der Waals surface area (Å²) in [6.45, 7) is 2.28. The van der Waals surface area contributed by atoms with Gasteiger partial charge in [0.1, 0.15) is 0 Å². The number of hydrazone groups is 1. The number of aromatic hydroxyl groups is 1. The van der Waals surface area contributed by atoms with Crippen molar-refractivity contribution in [2.75, 3.05) is 6.61 Å². The Morgan fingerprint density at radius 3 is 2.86 bits per heavy atom. The Labute approximate surface area is 136 Å². The van der Waals surface area contributed by atoms with Gasteiger partial charge in [-0.2, -0.15) is 5.10 Å². The minimum absolute atomic E-state index is 0.0660. The molecule has 0 fully saturated rings. The van der Waals surface area contributed by atoms with Gasteiger partial charge in [-0.3, -0.25) is 4.79 Å². The van der Waals surface area contributed by atoms with E-state index in [2.05, 4.69) is 26.5 Å². The van der Waals surface area contributed by atoms with Crippen LogP contribution >= 0.6 is 15.9 Å². The maximum absolute atomic E-state index is 12.0. The van der Waals surface area contributed by atoms with Gasteiger partial charge < -0.3 is 9.84 Å². The minimum Gasteiger partial charge on any atom is -0.504 e. The number of ether oxygens (including phenoxy) is 1. The first-order valence-corrected chi connectivity index (χ1v) is 7.45. The summed E-state index contributed by atoms with van der Waals surface area (Å²) in [6, 6.07) is 11.9. The van der Waals surface area contributed by atoms with Crippen molar-refractivity contribution in [3.05, 3.63) is 58.1 Å². The van der Waals surface area contributed by atoms with Crippen LogP contribution in [-0.2, 0) is 0 Å². The number of halogens is 1. The summed E-state index contributed by atoms with van der Waals surface area (Å²) < 4.78 is 5.98. The first-order chi connectivity index (χ1) is 10.6. The number of hydrogen-bond acceptors (Lipinski definition) is 4. The van der Waals surface area contributed by atoms with Crippen LogP contribution in [0.3, 0.4) is 0 Å². The molecule has 0 heterocycles. The fourth-order valence-electron chi connectivity index (χ4n) is 1.75. The molecule has 22 heavy (non-hydrogen) atoms. The van der Waals surface area contributed by atoms with Crippen LogP contribution in [0.25, 0.3) is 0 Å². The number of phenols is 1. The Bertz CT molecular complexity index is 702. The first-order valence-electron chi connectivity index (χ1n) is 6.65. The predicted molar refractivity (Wildman–Crippen MR) is 88.5 cm³/mol. The lowest BCUT2D eigenvalue weighted by Crippen LogP contribution is -2.18. The van der Waals surface area contributed by atoms with Crippen molar-refractivity contribution in [3.63, 3.8) is 0 Å². The highest BCUT2D eigenvalue weighted by molar-refractivity contribution is 9.10. The molecule has 0 aliphatic rings. The van der Waals surface area contributed by atoms with Crippen LogP contribution in [-0.4, -0.2) is 23.8 Å². The first kappa shape index (κ1) is 16.0. The van der Waals surface area contributed by atoms with Crippen molar-refractivity contribution in [2.45, 2.75) is 6.92 Å². The van der Waals surface area contributed by atoms with Gasteiger partial charge in [-0.05, 0) is 58.7 Å². The maximum Gasteiger partial charge on any atom is 0.272 e. The van der Waals surface area contributed by atoms with Gasteiger partial charge in [0, 0.05) is 4.47 Å². The van der Waals surface area contributed by atoms with Gasteiger partial charge in [0.25, 0.3) is 5.91 Å². The molecule has 2 N–H and O–H groups in total. The van der Waals surface area contributed by atoms with Crippen molar-refractivity contribution in [1.29, 1.82) is 0 Å². The minimum atomic E-state index is -0.312.